The molecule has 0 unspecified atom stereocenters. The molecule has 2 atom stereocenters. The van der Waals surface area contributed by atoms with Crippen LogP contribution >= 0.6 is 0 Å². The van der Waals surface area contributed by atoms with Gasteiger partial charge in [-0.2, -0.15) is 0 Å². The van der Waals surface area contributed by atoms with Crippen molar-refractivity contribution in [2.75, 3.05) is 6.61 Å². The number of aromatic nitrogens is 1. The van der Waals surface area contributed by atoms with Crippen molar-refractivity contribution in [1.82, 2.24) is 10.3 Å². The number of benzene rings is 3. The molecule has 3 aromatic carbocycles. The summed E-state index contributed by atoms with van der Waals surface area (Å²) in [7, 11) is 0. The predicted octanol–water partition coefficient (Wildman–Crippen LogP) is 6.04. The molecule has 0 saturated carbocycles. The molecule has 1 aliphatic rings. The molecule has 178 valence electrons. The van der Waals surface area contributed by atoms with Crippen LogP contribution in [0.25, 0.3) is 22.0 Å². The Hall–Kier alpha value is -4.06. The number of carbonyl (C=O) groups excluding carboxylic acids is 1. The number of rotatable bonds is 8. The lowest BCUT2D eigenvalue weighted by Crippen LogP contribution is -2.45. The number of H-pyrrole nitrogens is 1. The number of carboxylic acids is 1. The zero-order valence-electron chi connectivity index (χ0n) is 19.5. The molecular formula is C29H28N2O4. The first-order valence-electron chi connectivity index (χ1n) is 12.0. The minimum Gasteiger partial charge on any atom is -0.480 e. The molecule has 0 aliphatic heterocycles. The minimum atomic E-state index is -1.11. The van der Waals surface area contributed by atoms with Gasteiger partial charge in [0.25, 0.3) is 0 Å². The Morgan fingerprint density at radius 3 is 2.26 bits per heavy atom. The maximum atomic E-state index is 12.9. The minimum absolute atomic E-state index is 0.0866. The Balaban J connectivity index is 1.34. The molecule has 1 amide bonds. The van der Waals surface area contributed by atoms with Crippen LogP contribution in [0.3, 0.4) is 0 Å². The molecule has 0 fully saturated rings. The number of aromatic amines is 1. The van der Waals surface area contributed by atoms with Crippen LogP contribution in [0.5, 0.6) is 0 Å². The summed E-state index contributed by atoms with van der Waals surface area (Å²) < 4.78 is 5.63. The average Bonchev–Trinajstić information content (AvgIpc) is 3.44. The highest BCUT2D eigenvalue weighted by atomic mass is 16.5. The number of para-hydroxylation sites is 1. The highest BCUT2D eigenvalue weighted by Gasteiger charge is 2.34. The number of carbonyl (C=O) groups is 2. The van der Waals surface area contributed by atoms with E-state index in [1.807, 2.05) is 61.7 Å². The molecule has 0 spiro atoms. The van der Waals surface area contributed by atoms with E-state index in [2.05, 4.69) is 34.6 Å². The zero-order chi connectivity index (χ0) is 24.4. The van der Waals surface area contributed by atoms with Crippen molar-refractivity contribution in [3.8, 4) is 11.1 Å². The van der Waals surface area contributed by atoms with E-state index in [1.165, 1.54) is 0 Å². The van der Waals surface area contributed by atoms with Crippen LogP contribution in [0.2, 0.25) is 0 Å². The fraction of sp³-hybridized carbons (Fsp3) is 0.241. The first-order valence-corrected chi connectivity index (χ1v) is 12.0. The molecule has 6 nitrogen and oxygen atoms in total. The normalized spacial score (nSPS) is 14.2. The molecule has 5 rings (SSSR count). The van der Waals surface area contributed by atoms with Crippen LogP contribution in [0.15, 0.2) is 79.0 Å². The quantitative estimate of drug-likeness (QED) is 0.294. The first-order chi connectivity index (χ1) is 17.1. The van der Waals surface area contributed by atoms with Gasteiger partial charge in [-0.3, -0.25) is 0 Å². The topological polar surface area (TPSA) is 91.4 Å². The van der Waals surface area contributed by atoms with Gasteiger partial charge in [-0.25, -0.2) is 9.59 Å². The summed E-state index contributed by atoms with van der Waals surface area (Å²) in [5.74, 6) is -1.56. The molecule has 6 heteroatoms. The van der Waals surface area contributed by atoms with Crippen molar-refractivity contribution in [3.05, 3.63) is 95.7 Å². The number of carboxylic acid groups (broad SMARTS) is 1. The summed E-state index contributed by atoms with van der Waals surface area (Å²) in [4.78, 5) is 28.4. The van der Waals surface area contributed by atoms with Gasteiger partial charge >= 0.3 is 12.1 Å². The molecular weight excluding hydrogens is 440 g/mol. The van der Waals surface area contributed by atoms with Crippen LogP contribution in [-0.2, 0) is 9.53 Å². The van der Waals surface area contributed by atoms with Crippen LogP contribution < -0.4 is 5.32 Å². The molecule has 1 aliphatic carbocycles. The monoisotopic (exact) mass is 468 g/mol. The van der Waals surface area contributed by atoms with E-state index in [4.69, 9.17) is 4.74 Å². The Morgan fingerprint density at radius 1 is 0.971 bits per heavy atom. The Kier molecular flexibility index (Phi) is 6.27. The van der Waals surface area contributed by atoms with Crippen LogP contribution in [-0.4, -0.2) is 34.8 Å². The number of amides is 1. The SMILES string of the molecule is CCC[C@@H](c1c[nH]c2ccccc12)[C@H](NC(=O)OCC1c2ccccc2-c2ccccc21)C(=O)O. The number of ether oxygens (including phenoxy) is 1. The van der Waals surface area contributed by atoms with Crippen molar-refractivity contribution >= 4 is 23.0 Å². The number of nitrogens with one attached hydrogen (secondary N) is 2. The van der Waals surface area contributed by atoms with Gasteiger partial charge in [0.1, 0.15) is 12.6 Å². The molecule has 3 N–H and O–H groups in total. The van der Waals surface area contributed by atoms with Crippen molar-refractivity contribution in [3.63, 3.8) is 0 Å². The Morgan fingerprint density at radius 2 is 1.60 bits per heavy atom. The lowest BCUT2D eigenvalue weighted by atomic mass is 9.87. The van der Waals surface area contributed by atoms with Gasteiger partial charge in [0, 0.05) is 28.9 Å². The smallest absolute Gasteiger partial charge is 0.407 e. The van der Waals surface area contributed by atoms with Gasteiger partial charge < -0.3 is 20.1 Å². The van der Waals surface area contributed by atoms with Gasteiger partial charge in [0.15, 0.2) is 0 Å². The van der Waals surface area contributed by atoms with E-state index < -0.39 is 24.0 Å². The predicted molar refractivity (Wildman–Crippen MR) is 136 cm³/mol. The average molecular weight is 469 g/mol. The Bertz CT molecular complexity index is 1330. The number of alkyl carbamates (subject to hydrolysis) is 1. The second-order valence-electron chi connectivity index (χ2n) is 8.97. The molecule has 0 bridgehead atoms. The van der Waals surface area contributed by atoms with E-state index in [0.29, 0.717) is 6.42 Å². The maximum absolute atomic E-state index is 12.9. The van der Waals surface area contributed by atoms with Crippen LogP contribution in [0, 0.1) is 0 Å². The summed E-state index contributed by atoms with van der Waals surface area (Å²) in [5.41, 5.74) is 6.33. The Labute approximate surface area is 203 Å². The zero-order valence-corrected chi connectivity index (χ0v) is 19.5. The van der Waals surface area contributed by atoms with E-state index in [9.17, 15) is 14.7 Å². The highest BCUT2D eigenvalue weighted by molar-refractivity contribution is 5.87. The number of fused-ring (bicyclic) bond motifs is 4. The van der Waals surface area contributed by atoms with Crippen molar-refractivity contribution in [1.29, 1.82) is 0 Å². The second kappa shape index (κ2) is 9.66. The largest absolute Gasteiger partial charge is 0.480 e. The first kappa shape index (κ1) is 22.7. The summed E-state index contributed by atoms with van der Waals surface area (Å²) in [6.45, 7) is 2.14. The second-order valence-corrected chi connectivity index (χ2v) is 8.97. The lowest BCUT2D eigenvalue weighted by molar-refractivity contribution is -0.140. The third-order valence-electron chi connectivity index (χ3n) is 6.91. The number of hydrogen-bond acceptors (Lipinski definition) is 3. The van der Waals surface area contributed by atoms with Crippen molar-refractivity contribution in [2.45, 2.75) is 37.6 Å². The molecule has 1 aromatic heterocycles. The molecule has 35 heavy (non-hydrogen) atoms. The number of hydrogen-bond donors (Lipinski definition) is 3. The standard InChI is InChI=1S/C29H28N2O4/c1-2-9-23(24-16-30-26-15-8-7-14-22(24)26)27(28(32)33)31-29(34)35-17-25-20-12-5-3-10-18(20)19-11-4-6-13-21(19)25/h3-8,10-16,23,25,27,30H,2,9,17H2,1H3,(H,31,34)(H,32,33)/t23-,27-/m0/s1. The lowest BCUT2D eigenvalue weighted by Gasteiger charge is -2.25. The third kappa shape index (κ3) is 4.28. The van der Waals surface area contributed by atoms with Crippen molar-refractivity contribution in [2.24, 2.45) is 0 Å². The number of aliphatic carboxylic acids is 1. The van der Waals surface area contributed by atoms with E-state index in [1.54, 1.807) is 0 Å². The maximum Gasteiger partial charge on any atom is 0.407 e. The molecule has 0 radical (unpaired) electrons. The third-order valence-corrected chi connectivity index (χ3v) is 6.91. The fourth-order valence-corrected chi connectivity index (χ4v) is 5.31. The summed E-state index contributed by atoms with van der Waals surface area (Å²) in [6, 6.07) is 22.9. The summed E-state index contributed by atoms with van der Waals surface area (Å²) in [5, 5.41) is 13.7. The van der Waals surface area contributed by atoms with Crippen molar-refractivity contribution < 1.29 is 19.4 Å². The fourth-order valence-electron chi connectivity index (χ4n) is 5.31. The van der Waals surface area contributed by atoms with E-state index in [0.717, 1.165) is 45.1 Å². The summed E-state index contributed by atoms with van der Waals surface area (Å²) >= 11 is 0. The van der Waals surface area contributed by atoms with Crippen LogP contribution in [0.1, 0.15) is 48.3 Å². The van der Waals surface area contributed by atoms with Crippen LogP contribution in [0.4, 0.5) is 4.79 Å². The van der Waals surface area contributed by atoms with Gasteiger partial charge in [-0.15, -0.1) is 0 Å². The van der Waals surface area contributed by atoms with Gasteiger partial charge in [0.2, 0.25) is 0 Å². The van der Waals surface area contributed by atoms with Gasteiger partial charge in [-0.05, 0) is 40.3 Å². The summed E-state index contributed by atoms with van der Waals surface area (Å²) in [6.07, 6.45) is 2.52. The highest BCUT2D eigenvalue weighted by Crippen LogP contribution is 2.44. The molecule has 4 aromatic rings. The van der Waals surface area contributed by atoms with E-state index >= 15 is 0 Å². The van der Waals surface area contributed by atoms with Gasteiger partial charge in [0.05, 0.1) is 0 Å². The molecule has 0 saturated heterocycles. The molecule has 1 heterocycles. The van der Waals surface area contributed by atoms with E-state index in [-0.39, 0.29) is 12.5 Å². The van der Waals surface area contributed by atoms with Gasteiger partial charge in [-0.1, -0.05) is 80.1 Å².